The van der Waals surface area contributed by atoms with Crippen LogP contribution in [0.25, 0.3) is 0 Å². The second-order valence-electron chi connectivity index (χ2n) is 5.12. The molecule has 1 amide bonds. The number of aliphatic hydroxyl groups is 2. The number of amides is 1. The highest BCUT2D eigenvalue weighted by atomic mass is 16.3. The van der Waals surface area contributed by atoms with E-state index in [9.17, 15) is 4.79 Å². The zero-order chi connectivity index (χ0) is 15.8. The molecule has 0 aliphatic heterocycles. The lowest BCUT2D eigenvalue weighted by atomic mass is 10.0. The van der Waals surface area contributed by atoms with E-state index in [1.165, 1.54) is 0 Å². The molecule has 4 heteroatoms. The van der Waals surface area contributed by atoms with Gasteiger partial charge in [0.2, 0.25) is 0 Å². The first-order chi connectivity index (χ1) is 10.0. The van der Waals surface area contributed by atoms with Gasteiger partial charge in [-0.2, -0.15) is 0 Å². The van der Waals surface area contributed by atoms with E-state index in [1.54, 1.807) is 17.0 Å². The molecule has 114 valence electrons. The molecule has 0 heterocycles. The van der Waals surface area contributed by atoms with Crippen molar-refractivity contribution >= 4 is 5.91 Å². The Hall–Kier alpha value is -1.83. The minimum absolute atomic E-state index is 0.0230. The number of benzene rings is 1. The molecule has 2 N–H and O–H groups in total. The average molecular weight is 289 g/mol. The molecule has 0 aliphatic rings. The number of hydrogen-bond donors (Lipinski definition) is 2. The fourth-order valence-electron chi connectivity index (χ4n) is 1.97. The zero-order valence-electron chi connectivity index (χ0n) is 12.9. The lowest BCUT2D eigenvalue weighted by Crippen LogP contribution is -2.39. The van der Waals surface area contributed by atoms with E-state index >= 15 is 0 Å². The topological polar surface area (TPSA) is 60.8 Å². The second kappa shape index (κ2) is 8.46. The SMILES string of the molecule is Cc1ccc(C(=O)N(CCO)C(C)C)cc1C#CCCO. The van der Waals surface area contributed by atoms with Gasteiger partial charge in [-0.05, 0) is 38.5 Å². The van der Waals surface area contributed by atoms with Gasteiger partial charge < -0.3 is 15.1 Å². The van der Waals surface area contributed by atoms with Gasteiger partial charge in [-0.3, -0.25) is 4.79 Å². The summed E-state index contributed by atoms with van der Waals surface area (Å²) in [5.74, 6) is 5.74. The third-order valence-electron chi connectivity index (χ3n) is 3.17. The van der Waals surface area contributed by atoms with Crippen molar-refractivity contribution in [2.24, 2.45) is 0 Å². The molecule has 0 aromatic heterocycles. The van der Waals surface area contributed by atoms with Gasteiger partial charge in [-0.25, -0.2) is 0 Å². The van der Waals surface area contributed by atoms with Crippen molar-refractivity contribution in [2.45, 2.75) is 33.2 Å². The quantitative estimate of drug-likeness (QED) is 0.809. The van der Waals surface area contributed by atoms with Gasteiger partial charge in [-0.15, -0.1) is 0 Å². The molecule has 1 aromatic rings. The van der Waals surface area contributed by atoms with E-state index in [-0.39, 0.29) is 25.2 Å². The number of carbonyl (C=O) groups is 1. The predicted octanol–water partition coefficient (Wildman–Crippen LogP) is 1.57. The standard InChI is InChI=1S/C17H23NO3/c1-13(2)18(9-11-20)17(21)16-8-7-14(3)15(12-16)6-4-5-10-19/h7-8,12-13,19-20H,5,9-11H2,1-3H3. The van der Waals surface area contributed by atoms with Crippen LogP contribution in [0.4, 0.5) is 0 Å². The number of hydrogen-bond acceptors (Lipinski definition) is 3. The van der Waals surface area contributed by atoms with Gasteiger partial charge in [0.25, 0.3) is 5.91 Å². The summed E-state index contributed by atoms with van der Waals surface area (Å²) >= 11 is 0. The van der Waals surface area contributed by atoms with Gasteiger partial charge in [-0.1, -0.05) is 17.9 Å². The van der Waals surface area contributed by atoms with Crippen LogP contribution in [0.1, 0.15) is 41.8 Å². The Morgan fingerprint density at radius 1 is 1.29 bits per heavy atom. The van der Waals surface area contributed by atoms with E-state index in [2.05, 4.69) is 11.8 Å². The van der Waals surface area contributed by atoms with E-state index < -0.39 is 0 Å². The Bertz CT molecular complexity index is 541. The van der Waals surface area contributed by atoms with Crippen molar-refractivity contribution in [3.8, 4) is 11.8 Å². The molecule has 0 radical (unpaired) electrons. The molecule has 4 nitrogen and oxygen atoms in total. The second-order valence-corrected chi connectivity index (χ2v) is 5.12. The number of aryl methyl sites for hydroxylation is 1. The molecule has 0 unspecified atom stereocenters. The van der Waals surface area contributed by atoms with Crippen LogP contribution in [0, 0.1) is 18.8 Å². The molecule has 1 rings (SSSR count). The summed E-state index contributed by atoms with van der Waals surface area (Å²) in [6, 6.07) is 5.44. The smallest absolute Gasteiger partial charge is 0.254 e. The maximum absolute atomic E-state index is 12.5. The average Bonchev–Trinajstić information content (AvgIpc) is 2.46. The minimum atomic E-state index is -0.107. The van der Waals surface area contributed by atoms with E-state index in [1.807, 2.05) is 26.8 Å². The van der Waals surface area contributed by atoms with Crippen molar-refractivity contribution in [2.75, 3.05) is 19.8 Å². The van der Waals surface area contributed by atoms with Gasteiger partial charge in [0, 0.05) is 30.1 Å². The Labute approximate surface area is 126 Å². The predicted molar refractivity (Wildman–Crippen MR) is 83.0 cm³/mol. The summed E-state index contributed by atoms with van der Waals surface area (Å²) in [4.78, 5) is 14.1. The van der Waals surface area contributed by atoms with E-state index in [0.717, 1.165) is 11.1 Å². The summed E-state index contributed by atoms with van der Waals surface area (Å²) in [6.07, 6.45) is 0.417. The molecule has 0 spiro atoms. The van der Waals surface area contributed by atoms with Crippen molar-refractivity contribution in [1.29, 1.82) is 0 Å². The Morgan fingerprint density at radius 3 is 2.57 bits per heavy atom. The van der Waals surface area contributed by atoms with Crippen molar-refractivity contribution in [3.05, 3.63) is 34.9 Å². The third-order valence-corrected chi connectivity index (χ3v) is 3.17. The first-order valence-corrected chi connectivity index (χ1v) is 7.13. The highest BCUT2D eigenvalue weighted by Gasteiger charge is 2.18. The molecule has 0 aliphatic carbocycles. The maximum Gasteiger partial charge on any atom is 0.254 e. The van der Waals surface area contributed by atoms with Crippen molar-refractivity contribution in [1.82, 2.24) is 4.90 Å². The Morgan fingerprint density at radius 2 is 2.00 bits per heavy atom. The van der Waals surface area contributed by atoms with E-state index in [4.69, 9.17) is 10.2 Å². The molecule has 0 saturated heterocycles. The van der Waals surface area contributed by atoms with Crippen LogP contribution in [0.5, 0.6) is 0 Å². The van der Waals surface area contributed by atoms with Gasteiger partial charge >= 0.3 is 0 Å². The highest BCUT2D eigenvalue weighted by molar-refractivity contribution is 5.95. The van der Waals surface area contributed by atoms with E-state index in [0.29, 0.717) is 18.5 Å². The maximum atomic E-state index is 12.5. The fraction of sp³-hybridized carbons (Fsp3) is 0.471. The summed E-state index contributed by atoms with van der Waals surface area (Å²) in [6.45, 7) is 6.07. The Balaban J connectivity index is 3.05. The molecular formula is C17H23NO3. The molecule has 0 fully saturated rings. The van der Waals surface area contributed by atoms with Crippen LogP contribution in [-0.2, 0) is 0 Å². The zero-order valence-corrected chi connectivity index (χ0v) is 12.9. The first-order valence-electron chi connectivity index (χ1n) is 7.13. The summed E-state index contributed by atoms with van der Waals surface area (Å²) < 4.78 is 0. The normalized spacial score (nSPS) is 10.2. The third kappa shape index (κ3) is 4.89. The molecule has 1 aromatic carbocycles. The van der Waals surface area contributed by atoms with Gasteiger partial charge in [0.1, 0.15) is 0 Å². The summed E-state index contributed by atoms with van der Waals surface area (Å²) in [7, 11) is 0. The lowest BCUT2D eigenvalue weighted by Gasteiger charge is -2.26. The largest absolute Gasteiger partial charge is 0.395 e. The number of nitrogens with zero attached hydrogens (tertiary/aromatic N) is 1. The molecule has 0 bridgehead atoms. The lowest BCUT2D eigenvalue weighted by molar-refractivity contribution is 0.0665. The van der Waals surface area contributed by atoms with Crippen LogP contribution in [-0.4, -0.2) is 46.8 Å². The molecular weight excluding hydrogens is 266 g/mol. The summed E-state index contributed by atoms with van der Waals surface area (Å²) in [5, 5.41) is 17.8. The highest BCUT2D eigenvalue weighted by Crippen LogP contribution is 2.14. The first kappa shape index (κ1) is 17.2. The minimum Gasteiger partial charge on any atom is -0.395 e. The molecule has 21 heavy (non-hydrogen) atoms. The number of aliphatic hydroxyl groups excluding tert-OH is 2. The van der Waals surface area contributed by atoms with Crippen LogP contribution in [0.2, 0.25) is 0 Å². The monoisotopic (exact) mass is 289 g/mol. The van der Waals surface area contributed by atoms with Crippen LogP contribution >= 0.6 is 0 Å². The van der Waals surface area contributed by atoms with Gasteiger partial charge in [0.05, 0.1) is 13.2 Å². The molecule has 0 saturated carbocycles. The van der Waals surface area contributed by atoms with Crippen LogP contribution in [0.15, 0.2) is 18.2 Å². The van der Waals surface area contributed by atoms with Gasteiger partial charge in [0.15, 0.2) is 0 Å². The summed E-state index contributed by atoms with van der Waals surface area (Å²) in [5.41, 5.74) is 2.35. The number of rotatable bonds is 5. The Kier molecular flexibility index (Phi) is 6.93. The fourth-order valence-corrected chi connectivity index (χ4v) is 1.97. The van der Waals surface area contributed by atoms with Crippen molar-refractivity contribution in [3.63, 3.8) is 0 Å². The number of carbonyl (C=O) groups excluding carboxylic acids is 1. The van der Waals surface area contributed by atoms with Crippen molar-refractivity contribution < 1.29 is 15.0 Å². The van der Waals surface area contributed by atoms with Crippen LogP contribution < -0.4 is 0 Å². The molecule has 0 atom stereocenters. The van der Waals surface area contributed by atoms with Crippen LogP contribution in [0.3, 0.4) is 0 Å².